The summed E-state index contributed by atoms with van der Waals surface area (Å²) in [5, 5.41) is 0. The maximum absolute atomic E-state index is 10.5. The first-order valence-electron chi connectivity index (χ1n) is 11.3. The van der Waals surface area contributed by atoms with Gasteiger partial charge in [-0.3, -0.25) is 4.55 Å². The topological polar surface area (TPSA) is 82.1 Å². The number of hydrogen-bond donors (Lipinski definition) is 1. The summed E-state index contributed by atoms with van der Waals surface area (Å²) in [4.78, 5) is 0. The van der Waals surface area contributed by atoms with Crippen molar-refractivity contribution in [1.29, 1.82) is 0 Å². The molecule has 0 aromatic carbocycles. The zero-order chi connectivity index (χ0) is 21.5. The Morgan fingerprint density at radius 2 is 1.17 bits per heavy atom. The van der Waals surface area contributed by atoms with Crippen LogP contribution < -0.4 is 0 Å². The Balaban J connectivity index is 3.15. The van der Waals surface area contributed by atoms with E-state index < -0.39 is 15.9 Å². The molecule has 0 saturated carbocycles. The van der Waals surface area contributed by atoms with Crippen molar-refractivity contribution in [3.63, 3.8) is 0 Å². The molecule has 0 aliphatic carbocycles. The average Bonchev–Trinajstić information content (AvgIpc) is 2.67. The quantitative estimate of drug-likeness (QED) is 0.156. The molecule has 0 aliphatic heterocycles. The van der Waals surface area contributed by atoms with Crippen molar-refractivity contribution in [2.45, 2.75) is 90.4 Å². The van der Waals surface area contributed by atoms with Crippen molar-refractivity contribution in [2.24, 2.45) is 0 Å². The fourth-order valence-corrected chi connectivity index (χ4v) is 3.12. The first kappa shape index (κ1) is 28.2. The Kier molecular flexibility index (Phi) is 21.3. The van der Waals surface area contributed by atoms with Crippen LogP contribution in [0.4, 0.5) is 0 Å². The van der Waals surface area contributed by atoms with E-state index in [-0.39, 0.29) is 13.2 Å². The summed E-state index contributed by atoms with van der Waals surface area (Å²) in [5.74, 6) is 2.62. The van der Waals surface area contributed by atoms with Crippen LogP contribution in [0.5, 0.6) is 0 Å². The van der Waals surface area contributed by atoms with Crippen molar-refractivity contribution >= 4 is 10.1 Å². The lowest BCUT2D eigenvalue weighted by Gasteiger charge is -2.04. The van der Waals surface area contributed by atoms with Gasteiger partial charge in [0.05, 0.1) is 32.2 Å². The first-order valence-corrected chi connectivity index (χ1v) is 12.9. The maximum Gasteiger partial charge on any atom is 0.267 e. The molecule has 0 atom stereocenters. The lowest BCUT2D eigenvalue weighted by Crippen LogP contribution is -2.14. The zero-order valence-corrected chi connectivity index (χ0v) is 19.1. The van der Waals surface area contributed by atoms with Gasteiger partial charge in [-0.25, -0.2) is 0 Å². The minimum Gasteiger partial charge on any atom is -0.444 e. The molecule has 0 fully saturated rings. The Morgan fingerprint density at radius 1 is 0.690 bits per heavy atom. The van der Waals surface area contributed by atoms with Gasteiger partial charge >= 0.3 is 0 Å². The Labute approximate surface area is 178 Å². The maximum atomic E-state index is 10.5. The third-order valence-electron chi connectivity index (χ3n) is 4.49. The molecule has 0 heterocycles. The molecule has 0 aromatic rings. The molecule has 0 aromatic heterocycles. The molecule has 0 bridgehead atoms. The lowest BCUT2D eigenvalue weighted by molar-refractivity contribution is 0.0369. The van der Waals surface area contributed by atoms with Crippen LogP contribution in [-0.2, 0) is 24.3 Å². The van der Waals surface area contributed by atoms with Crippen LogP contribution >= 0.6 is 0 Å². The van der Waals surface area contributed by atoms with Gasteiger partial charge in [0.15, 0.2) is 0 Å². The summed E-state index contributed by atoms with van der Waals surface area (Å²) in [7, 11) is -3.95. The Hall–Kier alpha value is -0.810. The minimum absolute atomic E-state index is 0.0384. The van der Waals surface area contributed by atoms with Gasteiger partial charge in [-0.1, -0.05) is 83.5 Å². The molecular weight excluding hydrogens is 392 g/mol. The summed E-state index contributed by atoms with van der Waals surface area (Å²) in [6, 6.07) is 0. The highest BCUT2D eigenvalue weighted by molar-refractivity contribution is 7.85. The number of unbranched alkanes of at least 4 members (excludes halogenated alkanes) is 12. The monoisotopic (exact) mass is 434 g/mol. The lowest BCUT2D eigenvalue weighted by atomic mass is 10.0. The smallest absolute Gasteiger partial charge is 0.267 e. The van der Waals surface area contributed by atoms with Gasteiger partial charge in [-0.05, 0) is 6.42 Å². The molecule has 0 aliphatic rings. The average molecular weight is 435 g/mol. The molecule has 7 heteroatoms. The zero-order valence-electron chi connectivity index (χ0n) is 18.3. The van der Waals surface area contributed by atoms with Gasteiger partial charge in [0.25, 0.3) is 10.1 Å². The fourth-order valence-electron chi connectivity index (χ4n) is 2.79. The summed E-state index contributed by atoms with van der Waals surface area (Å²) < 4.78 is 44.9. The van der Waals surface area contributed by atoms with E-state index in [9.17, 15) is 8.42 Å². The molecule has 0 unspecified atom stereocenters. The van der Waals surface area contributed by atoms with Crippen LogP contribution in [0.15, 0.2) is 0 Å². The van der Waals surface area contributed by atoms with Crippen molar-refractivity contribution in [3.8, 4) is 12.0 Å². The SMILES string of the molecule is CCCCCCCCCCCCCCC#COCCOCCOCCS(=O)(=O)O. The summed E-state index contributed by atoms with van der Waals surface area (Å²) in [6.45, 7) is 3.66. The summed E-state index contributed by atoms with van der Waals surface area (Å²) in [6.07, 6.45) is 19.7. The largest absolute Gasteiger partial charge is 0.444 e. The van der Waals surface area contributed by atoms with Crippen molar-refractivity contribution in [2.75, 3.05) is 38.8 Å². The molecule has 0 radical (unpaired) electrons. The standard InChI is InChI=1S/C22H42O6S/c1-2-3-4-5-6-7-8-9-10-11-12-13-14-15-16-26-17-18-27-19-20-28-21-22-29(23,24)25/h2-14,17-22H2,1H3,(H,23,24,25). The van der Waals surface area contributed by atoms with Crippen LogP contribution in [0.25, 0.3) is 0 Å². The first-order chi connectivity index (χ1) is 14.1. The van der Waals surface area contributed by atoms with E-state index in [0.29, 0.717) is 19.8 Å². The van der Waals surface area contributed by atoms with Crippen LogP contribution in [0.2, 0.25) is 0 Å². The Bertz CT molecular complexity index is 495. The van der Waals surface area contributed by atoms with Crippen molar-refractivity contribution in [1.82, 2.24) is 0 Å². The van der Waals surface area contributed by atoms with Gasteiger partial charge in [0.2, 0.25) is 0 Å². The number of hydrogen-bond acceptors (Lipinski definition) is 5. The molecule has 0 amide bonds. The van der Waals surface area contributed by atoms with E-state index in [1.807, 2.05) is 0 Å². The fraction of sp³-hybridized carbons (Fsp3) is 0.909. The van der Waals surface area contributed by atoms with Gasteiger partial charge in [0, 0.05) is 6.42 Å². The number of ether oxygens (including phenoxy) is 3. The molecular formula is C22H42O6S. The second-order valence-corrected chi connectivity index (χ2v) is 8.85. The minimum atomic E-state index is -3.95. The molecule has 0 spiro atoms. The highest BCUT2D eigenvalue weighted by Crippen LogP contribution is 2.12. The second kappa shape index (κ2) is 21.9. The molecule has 172 valence electrons. The highest BCUT2D eigenvalue weighted by Gasteiger charge is 2.03. The normalized spacial score (nSPS) is 11.2. The third kappa shape index (κ3) is 27.2. The van der Waals surface area contributed by atoms with Crippen LogP contribution in [-0.4, -0.2) is 51.8 Å². The van der Waals surface area contributed by atoms with E-state index >= 15 is 0 Å². The summed E-state index contributed by atoms with van der Waals surface area (Å²) in [5.41, 5.74) is 0. The van der Waals surface area contributed by atoms with Gasteiger partial charge in [0.1, 0.15) is 12.7 Å². The molecule has 29 heavy (non-hydrogen) atoms. The predicted molar refractivity (Wildman–Crippen MR) is 117 cm³/mol. The van der Waals surface area contributed by atoms with E-state index in [0.717, 1.165) is 12.8 Å². The predicted octanol–water partition coefficient (Wildman–Crippen LogP) is 4.98. The molecule has 1 N–H and O–H groups in total. The van der Waals surface area contributed by atoms with Crippen molar-refractivity contribution < 1.29 is 27.2 Å². The van der Waals surface area contributed by atoms with E-state index in [2.05, 4.69) is 19.0 Å². The van der Waals surface area contributed by atoms with E-state index in [1.165, 1.54) is 70.6 Å². The van der Waals surface area contributed by atoms with E-state index in [1.54, 1.807) is 0 Å². The van der Waals surface area contributed by atoms with Gasteiger partial charge < -0.3 is 14.2 Å². The van der Waals surface area contributed by atoms with Crippen molar-refractivity contribution in [3.05, 3.63) is 0 Å². The number of rotatable bonds is 21. The second-order valence-electron chi connectivity index (χ2n) is 7.28. The molecule has 0 rings (SSSR count). The summed E-state index contributed by atoms with van der Waals surface area (Å²) >= 11 is 0. The highest BCUT2D eigenvalue weighted by atomic mass is 32.2. The Morgan fingerprint density at radius 3 is 1.72 bits per heavy atom. The molecule has 0 saturated heterocycles. The van der Waals surface area contributed by atoms with Crippen LogP contribution in [0.1, 0.15) is 90.4 Å². The molecule has 6 nitrogen and oxygen atoms in total. The van der Waals surface area contributed by atoms with Crippen LogP contribution in [0, 0.1) is 12.0 Å². The van der Waals surface area contributed by atoms with Crippen LogP contribution in [0.3, 0.4) is 0 Å². The van der Waals surface area contributed by atoms with Gasteiger partial charge in [-0.15, -0.1) is 0 Å². The third-order valence-corrected chi connectivity index (χ3v) is 5.17. The van der Waals surface area contributed by atoms with Gasteiger partial charge in [-0.2, -0.15) is 8.42 Å². The van der Waals surface area contributed by atoms with E-state index in [4.69, 9.17) is 18.8 Å².